The van der Waals surface area contributed by atoms with Crippen LogP contribution >= 0.6 is 0 Å². The molecule has 0 heterocycles. The Morgan fingerprint density at radius 1 is 1.00 bits per heavy atom. The Bertz CT molecular complexity index is 326. The third-order valence-corrected chi connectivity index (χ3v) is 3.32. The maximum absolute atomic E-state index is 2.25. The van der Waals surface area contributed by atoms with Gasteiger partial charge in [0.05, 0.1) is 0 Å². The third kappa shape index (κ3) is 1.98. The van der Waals surface area contributed by atoms with Gasteiger partial charge in [0.15, 0.2) is 0 Å². The summed E-state index contributed by atoms with van der Waals surface area (Å²) >= 11 is 0. The van der Waals surface area contributed by atoms with E-state index in [2.05, 4.69) is 58.8 Å². The second-order valence-corrected chi connectivity index (χ2v) is 4.36. The lowest BCUT2D eigenvalue weighted by atomic mass is 9.95. The highest BCUT2D eigenvalue weighted by Crippen LogP contribution is 2.25. The lowest BCUT2D eigenvalue weighted by Crippen LogP contribution is -2.18. The molecule has 14 heavy (non-hydrogen) atoms. The quantitative estimate of drug-likeness (QED) is 0.693. The van der Waals surface area contributed by atoms with Gasteiger partial charge >= 0.3 is 0 Å². The molecule has 0 amide bonds. The van der Waals surface area contributed by atoms with E-state index < -0.39 is 0 Å². The zero-order valence-electron chi connectivity index (χ0n) is 10.2. The Hall–Kier alpha value is -0.820. The Kier molecular flexibility index (Phi) is 3.33. The van der Waals surface area contributed by atoms with Gasteiger partial charge in [0.2, 0.25) is 0 Å². The fraction of sp³-hybridized carbons (Fsp3) is 0.538. The molecule has 0 N–H and O–H groups in total. The van der Waals surface area contributed by atoms with E-state index in [9.17, 15) is 0 Å². The molecule has 1 aromatic rings. The highest BCUT2D eigenvalue weighted by Gasteiger charge is 2.12. The lowest BCUT2D eigenvalue weighted by Gasteiger charge is -2.23. The molecule has 0 bridgehead atoms. The van der Waals surface area contributed by atoms with E-state index in [0.717, 1.165) is 0 Å². The van der Waals surface area contributed by atoms with Crippen LogP contribution in [0.15, 0.2) is 12.1 Å². The number of hydrogen-bond donors (Lipinski definition) is 0. The summed E-state index contributed by atoms with van der Waals surface area (Å²) in [4.78, 5) is 2.25. The Morgan fingerprint density at radius 2 is 1.57 bits per heavy atom. The van der Waals surface area contributed by atoms with E-state index in [1.807, 2.05) is 0 Å². The molecule has 0 aliphatic carbocycles. The van der Waals surface area contributed by atoms with Gasteiger partial charge in [-0.2, -0.15) is 0 Å². The van der Waals surface area contributed by atoms with E-state index >= 15 is 0 Å². The molecule has 0 aliphatic rings. The van der Waals surface area contributed by atoms with Crippen LogP contribution in [0.4, 0.5) is 0 Å². The molecular weight excluding hydrogens is 170 g/mol. The van der Waals surface area contributed by atoms with E-state index in [1.165, 1.54) is 22.3 Å². The van der Waals surface area contributed by atoms with Crippen LogP contribution in [0.2, 0.25) is 0 Å². The summed E-state index contributed by atoms with van der Waals surface area (Å²) in [6, 6.07) is 4.97. The summed E-state index contributed by atoms with van der Waals surface area (Å²) in [5.74, 6) is 0. The molecule has 0 aromatic heterocycles. The van der Waals surface area contributed by atoms with Crippen molar-refractivity contribution >= 4 is 0 Å². The predicted octanol–water partition coefficient (Wildman–Crippen LogP) is 3.23. The predicted molar refractivity (Wildman–Crippen MR) is 62.8 cm³/mol. The summed E-state index contributed by atoms with van der Waals surface area (Å²) in [7, 11) is 4.25. The summed E-state index contributed by atoms with van der Waals surface area (Å²) < 4.78 is 0. The maximum atomic E-state index is 2.25. The average Bonchev–Trinajstić information content (AvgIpc) is 2.13. The van der Waals surface area contributed by atoms with E-state index in [4.69, 9.17) is 0 Å². The van der Waals surface area contributed by atoms with Crippen LogP contribution in [0.1, 0.15) is 35.2 Å². The van der Waals surface area contributed by atoms with Crippen molar-refractivity contribution in [2.75, 3.05) is 14.1 Å². The molecule has 0 saturated carbocycles. The average molecular weight is 191 g/mol. The monoisotopic (exact) mass is 191 g/mol. The van der Waals surface area contributed by atoms with Gasteiger partial charge < -0.3 is 4.90 Å². The van der Waals surface area contributed by atoms with E-state index in [0.29, 0.717) is 6.04 Å². The minimum Gasteiger partial charge on any atom is -0.303 e. The lowest BCUT2D eigenvalue weighted by molar-refractivity contribution is 0.320. The van der Waals surface area contributed by atoms with Gasteiger partial charge in [0.1, 0.15) is 0 Å². The molecule has 0 radical (unpaired) electrons. The highest BCUT2D eigenvalue weighted by atomic mass is 15.1. The van der Waals surface area contributed by atoms with Crippen molar-refractivity contribution < 1.29 is 0 Å². The van der Waals surface area contributed by atoms with Crippen LogP contribution in [0.25, 0.3) is 0 Å². The first-order valence-electron chi connectivity index (χ1n) is 5.18. The summed E-state index contributed by atoms with van der Waals surface area (Å²) in [6.07, 6.45) is 0. The van der Waals surface area contributed by atoms with Crippen molar-refractivity contribution in [3.63, 3.8) is 0 Å². The Morgan fingerprint density at radius 3 is 2.07 bits per heavy atom. The molecule has 1 rings (SSSR count). The van der Waals surface area contributed by atoms with Gasteiger partial charge in [-0.05, 0) is 64.0 Å². The zero-order valence-corrected chi connectivity index (χ0v) is 10.2. The molecule has 1 heteroatoms. The second-order valence-electron chi connectivity index (χ2n) is 4.36. The molecule has 0 saturated heterocycles. The summed E-state index contributed by atoms with van der Waals surface area (Å²) in [5, 5.41) is 0. The molecule has 0 spiro atoms. The van der Waals surface area contributed by atoms with Crippen LogP contribution < -0.4 is 0 Å². The maximum Gasteiger partial charge on any atom is 0.0316 e. The van der Waals surface area contributed by atoms with Crippen molar-refractivity contribution in [2.24, 2.45) is 0 Å². The Labute approximate surface area is 87.7 Å². The molecule has 0 fully saturated rings. The van der Waals surface area contributed by atoms with E-state index in [1.54, 1.807) is 0 Å². The number of benzene rings is 1. The van der Waals surface area contributed by atoms with Crippen molar-refractivity contribution in [3.05, 3.63) is 34.4 Å². The van der Waals surface area contributed by atoms with Gasteiger partial charge in [-0.1, -0.05) is 12.1 Å². The standard InChI is InChI=1S/C13H21N/c1-9-7-8-13(11(3)10(9)2)12(4)14(5)6/h7-8,12H,1-6H3. The highest BCUT2D eigenvalue weighted by molar-refractivity contribution is 5.40. The molecule has 1 nitrogen and oxygen atoms in total. The molecule has 78 valence electrons. The van der Waals surface area contributed by atoms with Crippen LogP contribution in [0, 0.1) is 20.8 Å². The fourth-order valence-corrected chi connectivity index (χ4v) is 1.71. The van der Waals surface area contributed by atoms with Crippen LogP contribution in [0.5, 0.6) is 0 Å². The van der Waals surface area contributed by atoms with Crippen molar-refractivity contribution in [3.8, 4) is 0 Å². The Balaban J connectivity index is 3.17. The van der Waals surface area contributed by atoms with Gasteiger partial charge in [0.25, 0.3) is 0 Å². The molecular formula is C13H21N. The minimum absolute atomic E-state index is 0.495. The first-order valence-corrected chi connectivity index (χ1v) is 5.18. The third-order valence-electron chi connectivity index (χ3n) is 3.32. The summed E-state index contributed by atoms with van der Waals surface area (Å²) in [6.45, 7) is 8.84. The van der Waals surface area contributed by atoms with Gasteiger partial charge in [-0.25, -0.2) is 0 Å². The molecule has 1 atom stereocenters. The first-order chi connectivity index (χ1) is 6.45. The zero-order chi connectivity index (χ0) is 10.9. The minimum atomic E-state index is 0.495. The first kappa shape index (κ1) is 11.3. The van der Waals surface area contributed by atoms with Gasteiger partial charge in [-0.3, -0.25) is 0 Å². The molecule has 1 aromatic carbocycles. The number of rotatable bonds is 2. The number of hydrogen-bond acceptors (Lipinski definition) is 1. The van der Waals surface area contributed by atoms with Crippen molar-refractivity contribution in [1.82, 2.24) is 4.90 Å². The number of aryl methyl sites for hydroxylation is 1. The van der Waals surface area contributed by atoms with E-state index in [-0.39, 0.29) is 0 Å². The molecule has 1 unspecified atom stereocenters. The topological polar surface area (TPSA) is 3.24 Å². The van der Waals surface area contributed by atoms with Crippen LogP contribution in [-0.2, 0) is 0 Å². The second kappa shape index (κ2) is 4.14. The SMILES string of the molecule is Cc1ccc(C(C)N(C)C)c(C)c1C. The van der Waals surface area contributed by atoms with Crippen LogP contribution in [0.3, 0.4) is 0 Å². The van der Waals surface area contributed by atoms with Crippen molar-refractivity contribution in [2.45, 2.75) is 33.7 Å². The smallest absolute Gasteiger partial charge is 0.0316 e. The normalized spacial score (nSPS) is 13.4. The van der Waals surface area contributed by atoms with Crippen LogP contribution in [-0.4, -0.2) is 19.0 Å². The summed E-state index contributed by atoms with van der Waals surface area (Å²) in [5.41, 5.74) is 5.69. The fourth-order valence-electron chi connectivity index (χ4n) is 1.71. The van der Waals surface area contributed by atoms with Gasteiger partial charge in [-0.15, -0.1) is 0 Å². The van der Waals surface area contributed by atoms with Crippen molar-refractivity contribution in [1.29, 1.82) is 0 Å². The molecule has 0 aliphatic heterocycles. The number of nitrogens with zero attached hydrogens (tertiary/aromatic N) is 1. The van der Waals surface area contributed by atoms with Gasteiger partial charge in [0, 0.05) is 6.04 Å². The largest absolute Gasteiger partial charge is 0.303 e.